The summed E-state index contributed by atoms with van der Waals surface area (Å²) in [7, 11) is 0. The number of ether oxygens (including phenoxy) is 1. The number of hydrogen-bond donors (Lipinski definition) is 3. The largest absolute Gasteiger partial charge is 0.454 e. The summed E-state index contributed by atoms with van der Waals surface area (Å²) in [6.45, 7) is 0. The molecule has 0 saturated carbocycles. The zero-order valence-corrected chi connectivity index (χ0v) is 16.5. The highest BCUT2D eigenvalue weighted by Gasteiger charge is 2.14. The third-order valence-corrected chi connectivity index (χ3v) is 4.33. The van der Waals surface area contributed by atoms with Crippen molar-refractivity contribution < 1.29 is 18.3 Å². The minimum atomic E-state index is -0.626. The maximum absolute atomic E-state index is 14.6. The van der Waals surface area contributed by atoms with E-state index in [4.69, 9.17) is 10.5 Å². The SMILES string of the molecule is Nc1cc(Oc2ccc(Nc3ncccc3C(=O)Nc3ccc(F)cc3)cc2F)ccn1. The van der Waals surface area contributed by atoms with Gasteiger partial charge in [-0.1, -0.05) is 0 Å². The summed E-state index contributed by atoms with van der Waals surface area (Å²) < 4.78 is 33.2. The molecule has 160 valence electrons. The van der Waals surface area contributed by atoms with E-state index in [0.717, 1.165) is 0 Å². The fourth-order valence-corrected chi connectivity index (χ4v) is 2.84. The predicted octanol–water partition coefficient (Wildman–Crippen LogP) is 5.13. The van der Waals surface area contributed by atoms with Crippen molar-refractivity contribution in [3.8, 4) is 11.5 Å². The van der Waals surface area contributed by atoms with Gasteiger partial charge >= 0.3 is 0 Å². The molecule has 2 aromatic carbocycles. The summed E-state index contributed by atoms with van der Waals surface area (Å²) in [5.41, 5.74) is 6.62. The molecule has 1 amide bonds. The smallest absolute Gasteiger partial charge is 0.259 e. The first kappa shape index (κ1) is 20.7. The average Bonchev–Trinajstić information content (AvgIpc) is 2.78. The zero-order chi connectivity index (χ0) is 22.5. The van der Waals surface area contributed by atoms with Gasteiger partial charge in [-0.25, -0.2) is 18.7 Å². The monoisotopic (exact) mass is 433 g/mol. The summed E-state index contributed by atoms with van der Waals surface area (Å²) in [6.07, 6.45) is 2.96. The maximum atomic E-state index is 14.6. The van der Waals surface area contributed by atoms with Crippen LogP contribution in [0.4, 0.5) is 31.8 Å². The molecule has 2 aromatic heterocycles. The molecule has 0 bridgehead atoms. The Bertz CT molecular complexity index is 1270. The quantitative estimate of drug-likeness (QED) is 0.390. The van der Waals surface area contributed by atoms with Crippen LogP contribution in [-0.2, 0) is 0 Å². The van der Waals surface area contributed by atoms with Crippen LogP contribution in [0, 0.1) is 11.6 Å². The first-order valence-corrected chi connectivity index (χ1v) is 9.46. The number of pyridine rings is 2. The van der Waals surface area contributed by atoms with Gasteiger partial charge in [0, 0.05) is 35.9 Å². The molecule has 0 aliphatic carbocycles. The lowest BCUT2D eigenvalue weighted by Gasteiger charge is -2.13. The third-order valence-electron chi connectivity index (χ3n) is 4.33. The Morgan fingerprint density at radius 1 is 0.906 bits per heavy atom. The molecule has 4 aromatic rings. The number of carbonyl (C=O) groups is 1. The summed E-state index contributed by atoms with van der Waals surface area (Å²) in [5, 5.41) is 5.60. The van der Waals surface area contributed by atoms with Crippen molar-refractivity contribution in [2.24, 2.45) is 0 Å². The van der Waals surface area contributed by atoms with Gasteiger partial charge in [0.2, 0.25) is 0 Å². The zero-order valence-electron chi connectivity index (χ0n) is 16.5. The van der Waals surface area contributed by atoms with Gasteiger partial charge in [-0.15, -0.1) is 0 Å². The molecular weight excluding hydrogens is 416 g/mol. The van der Waals surface area contributed by atoms with Crippen LogP contribution in [0.2, 0.25) is 0 Å². The number of nitrogen functional groups attached to an aromatic ring is 1. The van der Waals surface area contributed by atoms with Crippen molar-refractivity contribution in [3.05, 3.63) is 96.3 Å². The molecule has 0 radical (unpaired) electrons. The van der Waals surface area contributed by atoms with Gasteiger partial charge in [-0.3, -0.25) is 4.79 Å². The Hall–Kier alpha value is -4.53. The number of carbonyl (C=O) groups excluding carboxylic acids is 1. The van der Waals surface area contributed by atoms with E-state index < -0.39 is 17.5 Å². The number of rotatable bonds is 6. The van der Waals surface area contributed by atoms with Crippen molar-refractivity contribution in [2.75, 3.05) is 16.4 Å². The van der Waals surface area contributed by atoms with E-state index in [0.29, 0.717) is 17.1 Å². The van der Waals surface area contributed by atoms with Crippen LogP contribution in [0.1, 0.15) is 10.4 Å². The lowest BCUT2D eigenvalue weighted by Crippen LogP contribution is -2.14. The van der Waals surface area contributed by atoms with Gasteiger partial charge in [0.25, 0.3) is 5.91 Å². The number of aromatic nitrogens is 2. The molecule has 2 heterocycles. The van der Waals surface area contributed by atoms with Crippen molar-refractivity contribution >= 4 is 28.9 Å². The van der Waals surface area contributed by atoms with Gasteiger partial charge in [0.1, 0.15) is 23.2 Å². The van der Waals surface area contributed by atoms with Crippen LogP contribution in [0.25, 0.3) is 0 Å². The van der Waals surface area contributed by atoms with Gasteiger partial charge in [0.05, 0.1) is 5.56 Å². The van der Waals surface area contributed by atoms with Crippen molar-refractivity contribution in [2.45, 2.75) is 0 Å². The highest BCUT2D eigenvalue weighted by molar-refractivity contribution is 6.07. The molecule has 9 heteroatoms. The van der Waals surface area contributed by atoms with Gasteiger partial charge in [-0.2, -0.15) is 0 Å². The van der Waals surface area contributed by atoms with E-state index in [2.05, 4.69) is 20.6 Å². The van der Waals surface area contributed by atoms with E-state index in [-0.39, 0.29) is 22.9 Å². The van der Waals surface area contributed by atoms with E-state index >= 15 is 0 Å². The Labute approximate surface area is 181 Å². The number of halogens is 2. The molecule has 0 atom stereocenters. The summed E-state index contributed by atoms with van der Waals surface area (Å²) in [6, 6.07) is 15.8. The lowest BCUT2D eigenvalue weighted by molar-refractivity contribution is 0.102. The van der Waals surface area contributed by atoms with Crippen molar-refractivity contribution in [3.63, 3.8) is 0 Å². The van der Waals surface area contributed by atoms with Crippen LogP contribution in [0.15, 0.2) is 79.1 Å². The summed E-state index contributed by atoms with van der Waals surface area (Å²) >= 11 is 0. The van der Waals surface area contributed by atoms with Crippen molar-refractivity contribution in [1.29, 1.82) is 0 Å². The van der Waals surface area contributed by atoms with E-state index in [1.165, 1.54) is 54.9 Å². The normalized spacial score (nSPS) is 10.4. The highest BCUT2D eigenvalue weighted by atomic mass is 19.1. The number of nitrogens with zero attached hydrogens (tertiary/aromatic N) is 2. The lowest BCUT2D eigenvalue weighted by atomic mass is 10.2. The first-order chi connectivity index (χ1) is 15.5. The second-order valence-electron chi connectivity index (χ2n) is 6.65. The first-order valence-electron chi connectivity index (χ1n) is 9.46. The van der Waals surface area contributed by atoms with Gasteiger partial charge in [-0.05, 0) is 54.6 Å². The van der Waals surface area contributed by atoms with Gasteiger partial charge < -0.3 is 21.1 Å². The number of anilines is 4. The van der Waals surface area contributed by atoms with Crippen molar-refractivity contribution in [1.82, 2.24) is 9.97 Å². The number of nitrogens with one attached hydrogen (secondary N) is 2. The summed E-state index contributed by atoms with van der Waals surface area (Å²) in [5.74, 6) is -0.668. The Balaban J connectivity index is 1.51. The van der Waals surface area contributed by atoms with E-state index in [1.54, 1.807) is 24.3 Å². The van der Waals surface area contributed by atoms with E-state index in [1.807, 2.05) is 0 Å². The molecule has 0 saturated heterocycles. The Kier molecular flexibility index (Phi) is 5.89. The standard InChI is InChI=1S/C23H17F2N5O2/c24-14-3-5-15(6-4-14)30-23(31)18-2-1-10-28-22(18)29-16-7-8-20(19(25)12-16)32-17-9-11-27-21(26)13-17/h1-13H,(H2,26,27)(H,28,29)(H,30,31). The highest BCUT2D eigenvalue weighted by Crippen LogP contribution is 2.29. The molecule has 0 unspecified atom stereocenters. The molecular formula is C23H17F2N5O2. The molecule has 0 aliphatic heterocycles. The molecule has 0 spiro atoms. The topological polar surface area (TPSA) is 102 Å². The molecule has 4 N–H and O–H groups in total. The molecule has 0 aliphatic rings. The predicted molar refractivity (Wildman–Crippen MR) is 117 cm³/mol. The molecule has 7 nitrogen and oxygen atoms in total. The van der Waals surface area contributed by atoms with Crippen LogP contribution in [0.5, 0.6) is 11.5 Å². The number of benzene rings is 2. The van der Waals surface area contributed by atoms with Crippen LogP contribution < -0.4 is 21.1 Å². The van der Waals surface area contributed by atoms with Crippen LogP contribution >= 0.6 is 0 Å². The fourth-order valence-electron chi connectivity index (χ4n) is 2.84. The molecule has 4 rings (SSSR count). The number of hydrogen-bond acceptors (Lipinski definition) is 6. The maximum Gasteiger partial charge on any atom is 0.259 e. The third kappa shape index (κ3) is 4.96. The number of nitrogens with two attached hydrogens (primary N) is 1. The minimum Gasteiger partial charge on any atom is -0.454 e. The Morgan fingerprint density at radius 2 is 1.69 bits per heavy atom. The van der Waals surface area contributed by atoms with Crippen LogP contribution in [0.3, 0.4) is 0 Å². The number of amides is 1. The second kappa shape index (κ2) is 9.09. The second-order valence-corrected chi connectivity index (χ2v) is 6.65. The molecule has 0 fully saturated rings. The summed E-state index contributed by atoms with van der Waals surface area (Å²) in [4.78, 5) is 20.7. The average molecular weight is 433 g/mol. The molecule has 32 heavy (non-hydrogen) atoms. The minimum absolute atomic E-state index is 0.00329. The Morgan fingerprint density at radius 3 is 2.44 bits per heavy atom. The van der Waals surface area contributed by atoms with Crippen LogP contribution in [-0.4, -0.2) is 15.9 Å². The van der Waals surface area contributed by atoms with E-state index in [9.17, 15) is 13.6 Å². The van der Waals surface area contributed by atoms with Gasteiger partial charge in [0.15, 0.2) is 11.6 Å². The fraction of sp³-hybridized carbons (Fsp3) is 0.